The van der Waals surface area contributed by atoms with Crippen molar-refractivity contribution in [2.24, 2.45) is 0 Å². The van der Waals surface area contributed by atoms with Gasteiger partial charge in [0.1, 0.15) is 0 Å². The summed E-state index contributed by atoms with van der Waals surface area (Å²) in [6, 6.07) is 9.46. The minimum absolute atomic E-state index is 0.132. The van der Waals surface area contributed by atoms with Crippen molar-refractivity contribution in [3.05, 3.63) is 53.1 Å². The molecule has 1 N–H and O–H groups in total. The summed E-state index contributed by atoms with van der Waals surface area (Å²) in [4.78, 5) is 32.5. The summed E-state index contributed by atoms with van der Waals surface area (Å²) in [5.41, 5.74) is 3.43. The normalized spacial score (nSPS) is 12.0. The first-order valence-corrected chi connectivity index (χ1v) is 9.15. The van der Waals surface area contributed by atoms with Crippen LogP contribution in [0, 0.1) is 13.8 Å². The molecule has 0 saturated heterocycles. The molecule has 1 aromatic carbocycles. The summed E-state index contributed by atoms with van der Waals surface area (Å²) in [5, 5.41) is 6.79. The van der Waals surface area contributed by atoms with E-state index in [1.165, 1.54) is 10.1 Å². The van der Waals surface area contributed by atoms with Crippen LogP contribution in [0.4, 0.5) is 5.69 Å². The number of hydrogen-bond donors (Lipinski definition) is 1. The maximum atomic E-state index is 12.2. The number of nitrogens with one attached hydrogen (secondary N) is 1. The third kappa shape index (κ3) is 4.33. The van der Waals surface area contributed by atoms with Crippen molar-refractivity contribution in [3.8, 4) is 0 Å². The lowest BCUT2D eigenvalue weighted by molar-refractivity contribution is -0.119. The van der Waals surface area contributed by atoms with E-state index in [0.29, 0.717) is 17.4 Å². The number of fused-ring (bicyclic) bond motifs is 1. The largest absolute Gasteiger partial charge is 0.450 e. The minimum atomic E-state index is -0.773. The van der Waals surface area contributed by atoms with Gasteiger partial charge in [0.05, 0.1) is 0 Å². The highest BCUT2D eigenvalue weighted by atomic mass is 16.5. The van der Waals surface area contributed by atoms with E-state index in [9.17, 15) is 9.59 Å². The van der Waals surface area contributed by atoms with Crippen molar-refractivity contribution >= 4 is 23.3 Å². The van der Waals surface area contributed by atoms with Crippen LogP contribution in [0.15, 0.2) is 30.3 Å². The van der Waals surface area contributed by atoms with Gasteiger partial charge in [0.25, 0.3) is 17.5 Å². The van der Waals surface area contributed by atoms with E-state index in [1.54, 1.807) is 0 Å². The molecule has 0 spiro atoms. The van der Waals surface area contributed by atoms with Crippen molar-refractivity contribution in [1.29, 1.82) is 0 Å². The number of aromatic nitrogens is 4. The fourth-order valence-electron chi connectivity index (χ4n) is 2.78. The first-order valence-electron chi connectivity index (χ1n) is 9.15. The monoisotopic (exact) mass is 381 g/mol. The number of benzene rings is 1. The van der Waals surface area contributed by atoms with Gasteiger partial charge < -0.3 is 10.1 Å². The van der Waals surface area contributed by atoms with E-state index in [2.05, 4.69) is 34.2 Å². The lowest BCUT2D eigenvalue weighted by Crippen LogP contribution is -2.21. The van der Waals surface area contributed by atoms with Crippen molar-refractivity contribution in [2.75, 3.05) is 11.9 Å². The molecule has 0 fully saturated rings. The van der Waals surface area contributed by atoms with Crippen LogP contribution in [0.1, 0.15) is 53.8 Å². The average Bonchev–Trinajstić information content (AvgIpc) is 3.10. The highest BCUT2D eigenvalue weighted by Crippen LogP contribution is 2.20. The van der Waals surface area contributed by atoms with Gasteiger partial charge in [-0.2, -0.15) is 4.98 Å². The van der Waals surface area contributed by atoms with Gasteiger partial charge in [0.2, 0.25) is 0 Å². The molecule has 146 valence electrons. The molecule has 0 unspecified atom stereocenters. The number of rotatable bonds is 6. The van der Waals surface area contributed by atoms with E-state index in [-0.39, 0.29) is 5.82 Å². The van der Waals surface area contributed by atoms with Crippen LogP contribution < -0.4 is 5.32 Å². The summed E-state index contributed by atoms with van der Waals surface area (Å²) in [6.45, 7) is 7.53. The highest BCUT2D eigenvalue weighted by molar-refractivity contribution is 5.94. The molecular weight excluding hydrogens is 358 g/mol. The molecule has 2 heterocycles. The van der Waals surface area contributed by atoms with Gasteiger partial charge in [0, 0.05) is 17.1 Å². The fourth-order valence-corrected chi connectivity index (χ4v) is 2.78. The van der Waals surface area contributed by atoms with E-state index in [4.69, 9.17) is 4.74 Å². The number of anilines is 1. The zero-order chi connectivity index (χ0) is 20.3. The molecule has 8 heteroatoms. The van der Waals surface area contributed by atoms with Crippen LogP contribution in [-0.2, 0) is 9.53 Å². The number of amides is 1. The maximum Gasteiger partial charge on any atom is 0.378 e. The predicted molar refractivity (Wildman–Crippen MR) is 104 cm³/mol. The Morgan fingerprint density at radius 2 is 1.89 bits per heavy atom. The van der Waals surface area contributed by atoms with Gasteiger partial charge in [0.15, 0.2) is 6.61 Å². The van der Waals surface area contributed by atoms with Crippen molar-refractivity contribution < 1.29 is 14.3 Å². The van der Waals surface area contributed by atoms with Gasteiger partial charge in [-0.1, -0.05) is 26.0 Å². The molecule has 0 saturated carbocycles. The lowest BCUT2D eigenvalue weighted by Gasteiger charge is -2.10. The summed E-state index contributed by atoms with van der Waals surface area (Å²) in [6.07, 6.45) is 1.05. The number of carbonyl (C=O) groups is 2. The van der Waals surface area contributed by atoms with Crippen LogP contribution >= 0.6 is 0 Å². The zero-order valence-corrected chi connectivity index (χ0v) is 16.4. The van der Waals surface area contributed by atoms with Crippen molar-refractivity contribution in [2.45, 2.75) is 40.0 Å². The SMILES string of the molecule is CC[C@H](C)c1ccc(NC(=O)COC(=O)c2nc3nc(C)cc(C)n3n2)cc1. The van der Waals surface area contributed by atoms with Crippen LogP contribution in [0.2, 0.25) is 0 Å². The predicted octanol–water partition coefficient (Wildman–Crippen LogP) is 3.05. The maximum absolute atomic E-state index is 12.2. The van der Waals surface area contributed by atoms with Gasteiger partial charge >= 0.3 is 5.97 Å². The minimum Gasteiger partial charge on any atom is -0.450 e. The average molecular weight is 381 g/mol. The van der Waals surface area contributed by atoms with Crippen LogP contribution in [-0.4, -0.2) is 38.1 Å². The molecule has 0 aliphatic carbocycles. The molecule has 8 nitrogen and oxygen atoms in total. The lowest BCUT2D eigenvalue weighted by atomic mass is 9.99. The Morgan fingerprint density at radius 1 is 1.18 bits per heavy atom. The Hall–Kier alpha value is -3.29. The van der Waals surface area contributed by atoms with Crippen molar-refractivity contribution in [1.82, 2.24) is 19.6 Å². The van der Waals surface area contributed by atoms with E-state index < -0.39 is 18.5 Å². The Morgan fingerprint density at radius 3 is 2.57 bits per heavy atom. The third-order valence-electron chi connectivity index (χ3n) is 4.51. The summed E-state index contributed by atoms with van der Waals surface area (Å²) in [7, 11) is 0. The van der Waals surface area contributed by atoms with Crippen LogP contribution in [0.25, 0.3) is 5.78 Å². The van der Waals surface area contributed by atoms with Crippen LogP contribution in [0.5, 0.6) is 0 Å². The Bertz CT molecular complexity index is 1010. The quantitative estimate of drug-likeness (QED) is 0.659. The molecule has 2 aromatic heterocycles. The Balaban J connectivity index is 1.58. The molecule has 3 aromatic rings. The second kappa shape index (κ2) is 8.16. The fraction of sp³-hybridized carbons (Fsp3) is 0.350. The summed E-state index contributed by atoms with van der Waals surface area (Å²) >= 11 is 0. The van der Waals surface area contributed by atoms with Gasteiger partial charge in [-0.15, -0.1) is 5.10 Å². The van der Waals surface area contributed by atoms with E-state index in [0.717, 1.165) is 17.8 Å². The molecule has 0 bridgehead atoms. The van der Waals surface area contributed by atoms with E-state index in [1.807, 2.05) is 44.2 Å². The van der Waals surface area contributed by atoms with Crippen molar-refractivity contribution in [3.63, 3.8) is 0 Å². The molecule has 28 heavy (non-hydrogen) atoms. The van der Waals surface area contributed by atoms with Gasteiger partial charge in [-0.25, -0.2) is 14.3 Å². The number of nitrogens with zero attached hydrogens (tertiary/aromatic N) is 4. The molecule has 0 aliphatic rings. The number of aryl methyl sites for hydroxylation is 2. The first-order chi connectivity index (χ1) is 13.4. The number of ether oxygens (including phenoxy) is 1. The van der Waals surface area contributed by atoms with Crippen LogP contribution in [0.3, 0.4) is 0 Å². The molecule has 0 aliphatic heterocycles. The number of carbonyl (C=O) groups excluding carboxylic acids is 2. The summed E-state index contributed by atoms with van der Waals surface area (Å²) in [5.74, 6) is -0.559. The third-order valence-corrected chi connectivity index (χ3v) is 4.51. The van der Waals surface area contributed by atoms with Gasteiger partial charge in [-0.3, -0.25) is 4.79 Å². The molecule has 1 amide bonds. The number of esters is 1. The highest BCUT2D eigenvalue weighted by Gasteiger charge is 2.18. The standard InChI is InChI=1S/C20H23N5O3/c1-5-12(2)15-6-8-16(9-7-15)22-17(26)11-28-19(27)18-23-20-21-13(3)10-14(4)25(20)24-18/h6-10,12H,5,11H2,1-4H3,(H,22,26)/t12-/m0/s1. The Kier molecular flexibility index (Phi) is 5.67. The second-order valence-electron chi connectivity index (χ2n) is 6.74. The topological polar surface area (TPSA) is 98.5 Å². The first kappa shape index (κ1) is 19.5. The molecule has 3 rings (SSSR count). The smallest absolute Gasteiger partial charge is 0.378 e. The van der Waals surface area contributed by atoms with E-state index >= 15 is 0 Å². The Labute approximate surface area is 163 Å². The van der Waals surface area contributed by atoms with Gasteiger partial charge in [-0.05, 0) is 49.9 Å². The molecule has 0 radical (unpaired) electrons. The zero-order valence-electron chi connectivity index (χ0n) is 16.4. The second-order valence-corrected chi connectivity index (χ2v) is 6.74. The molecular formula is C20H23N5O3. The molecule has 1 atom stereocenters. The number of hydrogen-bond acceptors (Lipinski definition) is 6. The summed E-state index contributed by atoms with van der Waals surface area (Å²) < 4.78 is 6.48.